The van der Waals surface area contributed by atoms with Crippen LogP contribution in [0.1, 0.15) is 0 Å². The number of anilines is 2. The van der Waals surface area contributed by atoms with Gasteiger partial charge in [-0.3, -0.25) is 4.72 Å². The molecule has 108 valence electrons. The average Bonchev–Trinajstić information content (AvgIpc) is 2.88. The highest BCUT2D eigenvalue weighted by Gasteiger charge is 2.19. The Labute approximate surface area is 125 Å². The van der Waals surface area contributed by atoms with E-state index < -0.39 is 15.8 Å². The predicted molar refractivity (Wildman–Crippen MR) is 83.4 cm³/mol. The molecule has 1 heterocycles. The first-order valence-electron chi connectivity index (χ1n) is 6.01. The van der Waals surface area contributed by atoms with Gasteiger partial charge in [-0.2, -0.15) is 0 Å². The minimum absolute atomic E-state index is 0.270. The largest absolute Gasteiger partial charge is 0.395 e. The Morgan fingerprint density at radius 3 is 2.76 bits per heavy atom. The van der Waals surface area contributed by atoms with E-state index in [9.17, 15) is 12.8 Å². The van der Waals surface area contributed by atoms with Crippen LogP contribution >= 0.6 is 11.3 Å². The molecule has 0 amide bonds. The highest BCUT2D eigenvalue weighted by molar-refractivity contribution is 7.92. The van der Waals surface area contributed by atoms with E-state index in [2.05, 4.69) is 4.72 Å². The second kappa shape index (κ2) is 5.01. The van der Waals surface area contributed by atoms with Crippen molar-refractivity contribution in [3.63, 3.8) is 0 Å². The topological polar surface area (TPSA) is 72.2 Å². The molecule has 7 heteroatoms. The van der Waals surface area contributed by atoms with Gasteiger partial charge in [-0.25, -0.2) is 12.8 Å². The number of para-hydroxylation sites is 1. The Morgan fingerprint density at radius 2 is 1.95 bits per heavy atom. The van der Waals surface area contributed by atoms with Gasteiger partial charge in [-0.1, -0.05) is 6.07 Å². The number of nitrogen functional groups attached to an aromatic ring is 1. The number of fused-ring (bicyclic) bond motifs is 1. The van der Waals surface area contributed by atoms with Gasteiger partial charge < -0.3 is 5.73 Å². The third-order valence-corrected chi connectivity index (χ3v) is 5.34. The summed E-state index contributed by atoms with van der Waals surface area (Å²) in [6.07, 6.45) is 0. The van der Waals surface area contributed by atoms with Gasteiger partial charge in [0.2, 0.25) is 0 Å². The lowest BCUT2D eigenvalue weighted by Crippen LogP contribution is -2.15. The summed E-state index contributed by atoms with van der Waals surface area (Å²) in [6.45, 7) is 0. The van der Waals surface area contributed by atoms with Crippen LogP contribution in [0.2, 0.25) is 0 Å². The summed E-state index contributed by atoms with van der Waals surface area (Å²) in [6, 6.07) is 10.8. The van der Waals surface area contributed by atoms with Gasteiger partial charge in [0.25, 0.3) is 10.0 Å². The number of sulfonamides is 1. The van der Waals surface area contributed by atoms with Crippen LogP contribution in [0, 0.1) is 5.82 Å². The molecule has 2 aromatic carbocycles. The van der Waals surface area contributed by atoms with Gasteiger partial charge in [0.15, 0.2) is 0 Å². The van der Waals surface area contributed by atoms with Crippen LogP contribution in [0.3, 0.4) is 0 Å². The molecule has 0 spiro atoms. The van der Waals surface area contributed by atoms with Crippen molar-refractivity contribution in [2.75, 3.05) is 10.5 Å². The molecule has 0 aliphatic heterocycles. The molecule has 0 fully saturated rings. The minimum atomic E-state index is -3.93. The van der Waals surface area contributed by atoms with Crippen LogP contribution in [0.15, 0.2) is 52.7 Å². The highest BCUT2D eigenvalue weighted by atomic mass is 32.2. The molecule has 1 aromatic heterocycles. The number of thiophene rings is 1. The second-order valence-corrected chi connectivity index (χ2v) is 7.03. The van der Waals surface area contributed by atoms with Gasteiger partial charge in [-0.15, -0.1) is 11.3 Å². The van der Waals surface area contributed by atoms with Crippen molar-refractivity contribution in [2.24, 2.45) is 0 Å². The Morgan fingerprint density at radius 1 is 1.14 bits per heavy atom. The molecule has 0 atom stereocenters. The predicted octanol–water partition coefficient (Wildman–Crippen LogP) is 3.42. The molecular weight excluding hydrogens is 311 g/mol. The Bertz CT molecular complexity index is 920. The van der Waals surface area contributed by atoms with E-state index in [0.29, 0.717) is 5.69 Å². The molecule has 0 aliphatic carbocycles. The van der Waals surface area contributed by atoms with Gasteiger partial charge in [0.05, 0.1) is 5.69 Å². The minimum Gasteiger partial charge on any atom is -0.395 e. The van der Waals surface area contributed by atoms with E-state index in [-0.39, 0.29) is 10.6 Å². The van der Waals surface area contributed by atoms with Gasteiger partial charge in [0.1, 0.15) is 10.7 Å². The Kier molecular flexibility index (Phi) is 3.30. The van der Waals surface area contributed by atoms with Crippen LogP contribution in [-0.2, 0) is 10.0 Å². The van der Waals surface area contributed by atoms with Crippen LogP contribution in [0.25, 0.3) is 10.1 Å². The monoisotopic (exact) mass is 322 g/mol. The van der Waals surface area contributed by atoms with E-state index in [0.717, 1.165) is 16.2 Å². The standard InChI is InChI=1S/C14H11FN2O2S2/c15-11-2-1-3-13(14(11)16)21(18,19)17-10-4-5-12-9(8-10)6-7-20-12/h1-8,17H,16H2. The molecule has 0 unspecified atom stereocenters. The fourth-order valence-electron chi connectivity index (χ4n) is 1.99. The fourth-order valence-corrected chi connectivity index (χ4v) is 3.95. The molecule has 0 saturated heterocycles. The number of hydrogen-bond acceptors (Lipinski definition) is 4. The third kappa shape index (κ3) is 2.57. The number of hydrogen-bond donors (Lipinski definition) is 2. The number of nitrogens with one attached hydrogen (secondary N) is 1. The average molecular weight is 322 g/mol. The van der Waals surface area contributed by atoms with Gasteiger partial charge in [0, 0.05) is 10.4 Å². The number of nitrogens with two attached hydrogens (primary N) is 1. The molecule has 3 N–H and O–H groups in total. The number of benzene rings is 2. The van der Waals surface area contributed by atoms with Gasteiger partial charge in [-0.05, 0) is 47.2 Å². The van der Waals surface area contributed by atoms with Gasteiger partial charge >= 0.3 is 0 Å². The van der Waals surface area contributed by atoms with Crippen molar-refractivity contribution in [2.45, 2.75) is 4.90 Å². The molecule has 21 heavy (non-hydrogen) atoms. The summed E-state index contributed by atoms with van der Waals surface area (Å²) in [5.41, 5.74) is 5.52. The summed E-state index contributed by atoms with van der Waals surface area (Å²) in [5, 5.41) is 2.86. The molecule has 3 rings (SSSR count). The molecule has 0 saturated carbocycles. The second-order valence-electron chi connectivity index (χ2n) is 4.43. The molecule has 4 nitrogen and oxygen atoms in total. The number of halogens is 1. The van der Waals surface area contributed by atoms with Crippen LogP contribution in [0.5, 0.6) is 0 Å². The zero-order valence-corrected chi connectivity index (χ0v) is 12.3. The molecule has 0 bridgehead atoms. The maximum Gasteiger partial charge on any atom is 0.264 e. The molecular formula is C14H11FN2O2S2. The first kappa shape index (κ1) is 13.8. The SMILES string of the molecule is Nc1c(F)cccc1S(=O)(=O)Nc1ccc2sccc2c1. The molecule has 3 aromatic rings. The van der Waals surface area contributed by atoms with Crippen molar-refractivity contribution >= 4 is 42.8 Å². The van der Waals surface area contributed by atoms with Crippen molar-refractivity contribution in [3.05, 3.63) is 53.7 Å². The summed E-state index contributed by atoms with van der Waals surface area (Å²) < 4.78 is 41.5. The summed E-state index contributed by atoms with van der Waals surface area (Å²) in [4.78, 5) is -0.270. The quantitative estimate of drug-likeness (QED) is 0.726. The Balaban J connectivity index is 2.00. The first-order valence-corrected chi connectivity index (χ1v) is 8.38. The Hall–Kier alpha value is -2.12. The summed E-state index contributed by atoms with van der Waals surface area (Å²) in [5.74, 6) is -0.758. The maximum atomic E-state index is 13.4. The van der Waals surface area contributed by atoms with Crippen molar-refractivity contribution < 1.29 is 12.8 Å². The maximum absolute atomic E-state index is 13.4. The van der Waals surface area contributed by atoms with E-state index in [1.54, 1.807) is 23.5 Å². The zero-order chi connectivity index (χ0) is 15.0. The smallest absolute Gasteiger partial charge is 0.264 e. The highest BCUT2D eigenvalue weighted by Crippen LogP contribution is 2.27. The lowest BCUT2D eigenvalue weighted by Gasteiger charge is -2.10. The first-order chi connectivity index (χ1) is 9.97. The third-order valence-electron chi connectivity index (χ3n) is 3.01. The lowest BCUT2D eigenvalue weighted by molar-refractivity contribution is 0.597. The molecule has 0 radical (unpaired) electrons. The van der Waals surface area contributed by atoms with Crippen molar-refractivity contribution in [3.8, 4) is 0 Å². The van der Waals surface area contributed by atoms with Crippen LogP contribution in [-0.4, -0.2) is 8.42 Å². The summed E-state index contributed by atoms with van der Waals surface area (Å²) in [7, 11) is -3.93. The van der Waals surface area contributed by atoms with Crippen molar-refractivity contribution in [1.82, 2.24) is 0 Å². The van der Waals surface area contributed by atoms with Crippen LogP contribution < -0.4 is 10.5 Å². The lowest BCUT2D eigenvalue weighted by atomic mass is 10.2. The zero-order valence-electron chi connectivity index (χ0n) is 10.7. The van der Waals surface area contributed by atoms with Crippen molar-refractivity contribution in [1.29, 1.82) is 0 Å². The fraction of sp³-hybridized carbons (Fsp3) is 0. The van der Waals surface area contributed by atoms with E-state index in [4.69, 9.17) is 5.73 Å². The van der Waals surface area contributed by atoms with Crippen LogP contribution in [0.4, 0.5) is 15.8 Å². The van der Waals surface area contributed by atoms with E-state index in [1.807, 2.05) is 17.5 Å². The van der Waals surface area contributed by atoms with E-state index in [1.165, 1.54) is 12.1 Å². The normalized spacial score (nSPS) is 11.7. The summed E-state index contributed by atoms with van der Waals surface area (Å²) >= 11 is 1.57. The van der Waals surface area contributed by atoms with E-state index >= 15 is 0 Å². The molecule has 0 aliphatic rings. The number of rotatable bonds is 3.